The number of aliphatic hydroxyl groups is 1. The Hall–Kier alpha value is -2.20. The lowest BCUT2D eigenvalue weighted by molar-refractivity contribution is -0.225. The van der Waals surface area contributed by atoms with Crippen LogP contribution in [0.15, 0.2) is 0 Å². The van der Waals surface area contributed by atoms with E-state index >= 15 is 0 Å². The van der Waals surface area contributed by atoms with Crippen LogP contribution >= 0.6 is 0 Å². The molecule has 1 N–H and O–H groups in total. The van der Waals surface area contributed by atoms with Gasteiger partial charge in [-0.15, -0.1) is 0 Å². The molecule has 8 saturated carbocycles. The molecule has 11 aliphatic rings. The van der Waals surface area contributed by atoms with Gasteiger partial charge < -0.3 is 28.8 Å². The first-order chi connectivity index (χ1) is 26.0. The summed E-state index contributed by atoms with van der Waals surface area (Å²) in [5.41, 5.74) is -2.34. The molecule has 10 heteroatoms. The molecule has 10 bridgehead atoms. The second kappa shape index (κ2) is 20.1. The molecule has 0 aromatic rings. The molecule has 0 spiro atoms. The Bertz CT molecular complexity index is 1500. The summed E-state index contributed by atoms with van der Waals surface area (Å²) in [5.74, 6) is 3.56. The zero-order valence-corrected chi connectivity index (χ0v) is 36.1. The fourth-order valence-corrected chi connectivity index (χ4v) is 12.3. The van der Waals surface area contributed by atoms with Crippen molar-refractivity contribution in [1.29, 1.82) is 0 Å². The number of carbonyl (C=O) groups excluding carboxylic acids is 4. The molecular formula is C52H96O10. The SMILES string of the molecule is C.C.C.C.C.C.CCC(C)(C)C(=O)OC1(C)C2CC3CC(C2)CC1C3.CCC(C)(C)C(=O)OC12CC3CC(CC(O)(C3)C1)C2.CCC(C)(C)C(=O)OC1C2CC3C(=O)OC1C3O2. The van der Waals surface area contributed by atoms with Crippen molar-refractivity contribution in [2.45, 2.75) is 251 Å². The van der Waals surface area contributed by atoms with Crippen LogP contribution < -0.4 is 0 Å². The minimum atomic E-state index is -0.555. The number of ether oxygens (including phenoxy) is 5. The Morgan fingerprint density at radius 1 is 0.629 bits per heavy atom. The van der Waals surface area contributed by atoms with Gasteiger partial charge in [-0.2, -0.15) is 0 Å². The standard InChI is InChI=1S/C17H28O2.C16H26O3.C13H18O5.6CH4/c1-5-16(2,3)15(18)19-17(4)13-7-11-6-12(9-13)10-14(17)8-11;1-4-14(2,3)13(17)19-16-8-11-5-12(9-16)7-15(18,6-11)10-16;1-4-13(2,3)12(15)18-9-7-5-6-8(16-7)10(9)17-11(6)14;;;;;;/h11-14H,5-10H2,1-4H3;11-12,18H,4-10H2,1-3H3;6-10H,4-5H2,1-3H3;6*1H4. The van der Waals surface area contributed by atoms with Crippen molar-refractivity contribution in [3.63, 3.8) is 0 Å². The monoisotopic (exact) mass is 881 g/mol. The number of hydrogen-bond donors (Lipinski definition) is 1. The normalized spacial score (nSPS) is 39.1. The molecule has 0 aromatic heterocycles. The molecule has 62 heavy (non-hydrogen) atoms. The van der Waals surface area contributed by atoms with Gasteiger partial charge in [0.15, 0.2) is 12.2 Å². The maximum absolute atomic E-state index is 12.5. The lowest BCUT2D eigenvalue weighted by atomic mass is 9.50. The molecule has 11 fully saturated rings. The van der Waals surface area contributed by atoms with Crippen LogP contribution in [0.3, 0.4) is 0 Å². The lowest BCUT2D eigenvalue weighted by Crippen LogP contribution is -2.61. The highest BCUT2D eigenvalue weighted by Gasteiger charge is 2.65. The van der Waals surface area contributed by atoms with E-state index in [2.05, 4.69) is 13.8 Å². The van der Waals surface area contributed by atoms with Gasteiger partial charge in [0.2, 0.25) is 0 Å². The molecular weight excluding hydrogens is 785 g/mol. The van der Waals surface area contributed by atoms with Crippen LogP contribution in [0.4, 0.5) is 0 Å². The third kappa shape index (κ3) is 10.6. The quantitative estimate of drug-likeness (QED) is 0.176. The smallest absolute Gasteiger partial charge is 0.312 e. The number of hydrogen-bond acceptors (Lipinski definition) is 10. The van der Waals surface area contributed by atoms with Gasteiger partial charge in [-0.3, -0.25) is 19.2 Å². The summed E-state index contributed by atoms with van der Waals surface area (Å²) >= 11 is 0. The van der Waals surface area contributed by atoms with E-state index in [-0.39, 0.29) is 103 Å². The third-order valence-electron chi connectivity index (χ3n) is 16.7. The fraction of sp³-hybridized carbons (Fsp3) is 0.923. The predicted octanol–water partition coefficient (Wildman–Crippen LogP) is 12.1. The molecule has 8 aliphatic carbocycles. The summed E-state index contributed by atoms with van der Waals surface area (Å²) in [6.45, 7) is 19.9. The average molecular weight is 881 g/mol. The molecule has 364 valence electrons. The topological polar surface area (TPSA) is 135 Å². The molecule has 3 aliphatic heterocycles. The summed E-state index contributed by atoms with van der Waals surface area (Å²) in [6, 6.07) is 0. The van der Waals surface area contributed by atoms with Gasteiger partial charge in [0.25, 0.3) is 0 Å². The van der Waals surface area contributed by atoms with Crippen LogP contribution in [0.1, 0.15) is 210 Å². The van der Waals surface area contributed by atoms with Crippen molar-refractivity contribution in [2.75, 3.05) is 0 Å². The molecule has 3 saturated heterocycles. The van der Waals surface area contributed by atoms with E-state index in [0.717, 1.165) is 50.4 Å². The van der Waals surface area contributed by atoms with E-state index in [0.29, 0.717) is 42.9 Å². The maximum atomic E-state index is 12.5. The summed E-state index contributed by atoms with van der Waals surface area (Å²) < 4.78 is 28.6. The largest absolute Gasteiger partial charge is 0.459 e. The molecule has 11 rings (SSSR count). The lowest BCUT2D eigenvalue weighted by Gasteiger charge is -2.59. The molecule has 0 aromatic carbocycles. The number of esters is 4. The van der Waals surface area contributed by atoms with Crippen LogP contribution in [0, 0.1) is 57.7 Å². The van der Waals surface area contributed by atoms with Gasteiger partial charge in [0.05, 0.1) is 33.9 Å². The highest BCUT2D eigenvalue weighted by molar-refractivity contribution is 5.79. The predicted molar refractivity (Wildman–Crippen MR) is 249 cm³/mol. The zero-order chi connectivity index (χ0) is 40.8. The van der Waals surface area contributed by atoms with Gasteiger partial charge in [-0.25, -0.2) is 0 Å². The first-order valence-corrected chi connectivity index (χ1v) is 22.3. The van der Waals surface area contributed by atoms with Gasteiger partial charge >= 0.3 is 23.9 Å². The van der Waals surface area contributed by atoms with Crippen molar-refractivity contribution in [3.05, 3.63) is 0 Å². The Labute approximate surface area is 379 Å². The Balaban J connectivity index is 0.000000444. The number of carbonyl (C=O) groups is 4. The van der Waals surface area contributed by atoms with E-state index in [4.69, 9.17) is 23.7 Å². The summed E-state index contributed by atoms with van der Waals surface area (Å²) in [5, 5.41) is 10.6. The third-order valence-corrected chi connectivity index (χ3v) is 16.7. The Morgan fingerprint density at radius 3 is 1.52 bits per heavy atom. The molecule has 7 unspecified atom stereocenters. The Kier molecular flexibility index (Phi) is 18.8. The van der Waals surface area contributed by atoms with Crippen molar-refractivity contribution < 1.29 is 48.0 Å². The van der Waals surface area contributed by atoms with Crippen molar-refractivity contribution >= 4 is 23.9 Å². The first kappa shape index (κ1) is 57.8. The molecule has 0 radical (unpaired) electrons. The van der Waals surface area contributed by atoms with Crippen LogP contribution in [0.5, 0.6) is 0 Å². The molecule has 0 amide bonds. The fourth-order valence-electron chi connectivity index (χ4n) is 12.3. The van der Waals surface area contributed by atoms with E-state index < -0.39 is 28.6 Å². The van der Waals surface area contributed by atoms with E-state index in [1.54, 1.807) is 0 Å². The van der Waals surface area contributed by atoms with Crippen LogP contribution in [0.25, 0.3) is 0 Å². The summed E-state index contributed by atoms with van der Waals surface area (Å²) in [7, 11) is 0. The number of fused-ring (bicyclic) bond motifs is 1. The van der Waals surface area contributed by atoms with Gasteiger partial charge in [-0.05, 0) is 174 Å². The maximum Gasteiger partial charge on any atom is 0.312 e. The highest BCUT2D eigenvalue weighted by Crippen LogP contribution is 2.61. The van der Waals surface area contributed by atoms with Crippen molar-refractivity contribution in [2.24, 2.45) is 57.7 Å². The van der Waals surface area contributed by atoms with E-state index in [1.807, 2.05) is 55.4 Å². The van der Waals surface area contributed by atoms with Crippen LogP contribution in [0.2, 0.25) is 0 Å². The molecule has 3 heterocycles. The second-order valence-electron chi connectivity index (χ2n) is 22.1. The minimum Gasteiger partial charge on any atom is -0.459 e. The van der Waals surface area contributed by atoms with Crippen LogP contribution in [-0.2, 0) is 42.9 Å². The molecule has 7 atom stereocenters. The summed E-state index contributed by atoms with van der Waals surface area (Å²) in [4.78, 5) is 48.5. The molecule has 10 nitrogen and oxygen atoms in total. The number of rotatable bonds is 9. The van der Waals surface area contributed by atoms with E-state index in [9.17, 15) is 24.3 Å². The average Bonchev–Trinajstić information content (AvgIpc) is 3.75. The second-order valence-corrected chi connectivity index (χ2v) is 22.1. The Morgan fingerprint density at radius 2 is 1.06 bits per heavy atom. The van der Waals surface area contributed by atoms with Crippen molar-refractivity contribution in [1.82, 2.24) is 0 Å². The van der Waals surface area contributed by atoms with Gasteiger partial charge in [-0.1, -0.05) is 65.3 Å². The van der Waals surface area contributed by atoms with E-state index in [1.165, 1.54) is 38.5 Å². The summed E-state index contributed by atoms with van der Waals surface area (Å²) in [6.07, 6.45) is 14.1. The van der Waals surface area contributed by atoms with Crippen LogP contribution in [-0.4, -0.2) is 70.2 Å². The van der Waals surface area contributed by atoms with Gasteiger partial charge in [0, 0.05) is 6.42 Å². The highest BCUT2D eigenvalue weighted by atomic mass is 16.7. The first-order valence-electron chi connectivity index (χ1n) is 22.3. The minimum absolute atomic E-state index is 0. The van der Waals surface area contributed by atoms with Gasteiger partial charge in [0.1, 0.15) is 17.3 Å². The van der Waals surface area contributed by atoms with Crippen molar-refractivity contribution in [3.8, 4) is 0 Å². The zero-order valence-electron chi connectivity index (χ0n) is 36.1.